The van der Waals surface area contributed by atoms with E-state index in [0.717, 1.165) is 16.9 Å². The van der Waals surface area contributed by atoms with E-state index in [-0.39, 0.29) is 17.7 Å². The summed E-state index contributed by atoms with van der Waals surface area (Å²) in [6.07, 6.45) is 3.72. The lowest BCUT2D eigenvalue weighted by atomic mass is 9.98. The number of phenols is 1. The maximum Gasteiger partial charge on any atom is 0.267 e. The maximum absolute atomic E-state index is 13.1. The molecule has 3 aromatic rings. The van der Waals surface area contributed by atoms with Gasteiger partial charge < -0.3 is 9.84 Å². The van der Waals surface area contributed by atoms with Crippen molar-refractivity contribution in [3.8, 4) is 11.5 Å². The van der Waals surface area contributed by atoms with Crippen molar-refractivity contribution in [2.75, 3.05) is 7.11 Å². The molecule has 1 amide bonds. The monoisotopic (exact) mass is 432 g/mol. The largest absolute Gasteiger partial charge is 0.507 e. The highest BCUT2D eigenvalue weighted by Crippen LogP contribution is 2.36. The predicted molar refractivity (Wildman–Crippen MR) is 122 cm³/mol. The fourth-order valence-electron chi connectivity index (χ4n) is 3.51. The van der Waals surface area contributed by atoms with Crippen LogP contribution in [0.15, 0.2) is 84.0 Å². The number of hydrogen-bond donors (Lipinski definition) is 1. The molecule has 1 N–H and O–H groups in total. The molecule has 0 radical (unpaired) electrons. The van der Waals surface area contributed by atoms with Gasteiger partial charge in [0, 0.05) is 23.1 Å². The van der Waals surface area contributed by atoms with E-state index in [0.29, 0.717) is 22.7 Å². The van der Waals surface area contributed by atoms with Crippen molar-refractivity contribution >= 4 is 29.3 Å². The zero-order valence-electron chi connectivity index (χ0n) is 16.9. The third-order valence-electron chi connectivity index (χ3n) is 5.12. The van der Waals surface area contributed by atoms with Crippen molar-refractivity contribution < 1.29 is 14.6 Å². The minimum Gasteiger partial charge on any atom is -0.507 e. The first kappa shape index (κ1) is 20.7. The first-order valence-corrected chi connectivity index (χ1v) is 10.2. The van der Waals surface area contributed by atoms with Crippen LogP contribution in [0, 0.1) is 0 Å². The van der Waals surface area contributed by atoms with Crippen LogP contribution in [0.3, 0.4) is 0 Å². The Labute approximate surface area is 185 Å². The van der Waals surface area contributed by atoms with Gasteiger partial charge in [-0.2, -0.15) is 5.10 Å². The zero-order chi connectivity index (χ0) is 21.8. The number of benzene rings is 3. The average molecular weight is 433 g/mol. The molecular formula is C25H21ClN2O3. The normalized spacial score (nSPS) is 15.9. The summed E-state index contributed by atoms with van der Waals surface area (Å²) in [5.41, 5.74) is 2.96. The molecule has 1 aliphatic rings. The molecule has 1 heterocycles. The lowest BCUT2D eigenvalue weighted by Crippen LogP contribution is -2.25. The van der Waals surface area contributed by atoms with Gasteiger partial charge in [0.15, 0.2) is 0 Å². The number of methoxy groups -OCH3 is 1. The van der Waals surface area contributed by atoms with E-state index in [4.69, 9.17) is 16.3 Å². The van der Waals surface area contributed by atoms with Crippen molar-refractivity contribution in [1.29, 1.82) is 0 Å². The zero-order valence-corrected chi connectivity index (χ0v) is 17.7. The van der Waals surface area contributed by atoms with Gasteiger partial charge in [0.2, 0.25) is 0 Å². The Morgan fingerprint density at radius 1 is 1.13 bits per heavy atom. The number of rotatable bonds is 5. The van der Waals surface area contributed by atoms with E-state index in [9.17, 15) is 9.90 Å². The highest BCUT2D eigenvalue weighted by atomic mass is 35.5. The number of carbonyl (C=O) groups excluding carboxylic acids is 1. The van der Waals surface area contributed by atoms with Gasteiger partial charge in [-0.05, 0) is 47.5 Å². The Balaban J connectivity index is 1.68. The lowest BCUT2D eigenvalue weighted by Gasteiger charge is -2.21. The first-order chi connectivity index (χ1) is 15.0. The fraction of sp³-hybridized carbons (Fsp3) is 0.120. The number of ether oxygens (including phenoxy) is 1. The smallest absolute Gasteiger partial charge is 0.267 e. The number of aromatic hydroxyl groups is 1. The molecule has 31 heavy (non-hydrogen) atoms. The number of hydrogen-bond acceptors (Lipinski definition) is 4. The van der Waals surface area contributed by atoms with Crippen LogP contribution in [-0.2, 0) is 4.79 Å². The highest BCUT2D eigenvalue weighted by Gasteiger charge is 2.33. The van der Waals surface area contributed by atoms with Crippen molar-refractivity contribution in [1.82, 2.24) is 5.01 Å². The van der Waals surface area contributed by atoms with Gasteiger partial charge in [0.1, 0.15) is 11.5 Å². The first-order valence-electron chi connectivity index (χ1n) is 9.82. The topological polar surface area (TPSA) is 62.1 Å². The summed E-state index contributed by atoms with van der Waals surface area (Å²) in [6, 6.07) is 21.6. The molecule has 156 valence electrons. The highest BCUT2D eigenvalue weighted by molar-refractivity contribution is 6.31. The molecule has 0 spiro atoms. The molecule has 3 aromatic carbocycles. The molecule has 0 fully saturated rings. The lowest BCUT2D eigenvalue weighted by molar-refractivity contribution is -0.127. The molecule has 4 rings (SSSR count). The van der Waals surface area contributed by atoms with E-state index in [1.54, 1.807) is 25.3 Å². The van der Waals surface area contributed by atoms with Crippen molar-refractivity contribution in [3.63, 3.8) is 0 Å². The summed E-state index contributed by atoms with van der Waals surface area (Å²) in [5.74, 6) is 0.559. The Kier molecular flexibility index (Phi) is 6.05. The van der Waals surface area contributed by atoms with Gasteiger partial charge in [-0.1, -0.05) is 54.1 Å². The number of halogens is 1. The SMILES string of the molecule is COc1ccc([C@H]2CC(c3cc(Cl)ccc3O)=NN2C(=O)/C=C/c2ccccc2)cc1. The molecule has 0 aromatic heterocycles. The summed E-state index contributed by atoms with van der Waals surface area (Å²) in [7, 11) is 1.61. The molecule has 5 nitrogen and oxygen atoms in total. The number of carbonyl (C=O) groups is 1. The summed E-state index contributed by atoms with van der Waals surface area (Å²) in [6.45, 7) is 0. The third kappa shape index (κ3) is 4.62. The van der Waals surface area contributed by atoms with Crippen molar-refractivity contribution in [2.45, 2.75) is 12.5 Å². The maximum atomic E-state index is 13.1. The van der Waals surface area contributed by atoms with Crippen LogP contribution in [0.25, 0.3) is 6.08 Å². The molecule has 0 saturated carbocycles. The van der Waals surface area contributed by atoms with Gasteiger partial charge in [-0.15, -0.1) is 0 Å². The van der Waals surface area contributed by atoms with Gasteiger partial charge in [0.05, 0.1) is 18.9 Å². The fourth-order valence-corrected chi connectivity index (χ4v) is 3.68. The van der Waals surface area contributed by atoms with Gasteiger partial charge in [-0.3, -0.25) is 4.79 Å². The number of nitrogens with zero attached hydrogens (tertiary/aromatic N) is 2. The average Bonchev–Trinajstić information content (AvgIpc) is 3.25. The minimum atomic E-state index is -0.313. The van der Waals surface area contributed by atoms with Crippen LogP contribution in [-0.4, -0.2) is 28.8 Å². The Hall–Kier alpha value is -3.57. The van der Waals surface area contributed by atoms with Crippen LogP contribution < -0.4 is 4.74 Å². The minimum absolute atomic E-state index is 0.0748. The van der Waals surface area contributed by atoms with E-state index < -0.39 is 0 Å². The van der Waals surface area contributed by atoms with Gasteiger partial charge >= 0.3 is 0 Å². The second-order valence-corrected chi connectivity index (χ2v) is 7.56. The second-order valence-electron chi connectivity index (χ2n) is 7.13. The van der Waals surface area contributed by atoms with Crippen LogP contribution in [0.5, 0.6) is 11.5 Å². The van der Waals surface area contributed by atoms with Crippen molar-refractivity contribution in [2.24, 2.45) is 5.10 Å². The molecule has 6 heteroatoms. The summed E-state index contributed by atoms with van der Waals surface area (Å²) in [4.78, 5) is 13.1. The molecule has 0 bridgehead atoms. The number of amides is 1. The van der Waals surface area contributed by atoms with Crippen LogP contribution >= 0.6 is 11.6 Å². The molecule has 0 unspecified atom stereocenters. The van der Waals surface area contributed by atoms with Gasteiger partial charge in [-0.25, -0.2) is 5.01 Å². The van der Waals surface area contributed by atoms with Crippen LogP contribution in [0.4, 0.5) is 0 Å². The molecule has 1 atom stereocenters. The quantitative estimate of drug-likeness (QED) is 0.545. The number of phenolic OH excluding ortho intramolecular Hbond substituents is 1. The van der Waals surface area contributed by atoms with E-state index >= 15 is 0 Å². The molecule has 1 aliphatic heterocycles. The molecular weight excluding hydrogens is 412 g/mol. The van der Waals surface area contributed by atoms with Gasteiger partial charge in [0.25, 0.3) is 5.91 Å². The third-order valence-corrected chi connectivity index (χ3v) is 5.36. The summed E-state index contributed by atoms with van der Waals surface area (Å²) < 4.78 is 5.24. The predicted octanol–water partition coefficient (Wildman–Crippen LogP) is 5.45. The Morgan fingerprint density at radius 3 is 2.58 bits per heavy atom. The number of hydrazone groups is 1. The standard InChI is InChI=1S/C25H21ClN2O3/c1-31-20-11-8-18(9-12-20)23-16-22(21-15-19(26)10-13-24(21)29)27-28(23)25(30)14-7-17-5-3-2-4-6-17/h2-15,23,29H,16H2,1H3/b14-7+/t23-/m1/s1. The summed E-state index contributed by atoms with van der Waals surface area (Å²) >= 11 is 6.13. The van der Waals surface area contributed by atoms with E-state index in [1.165, 1.54) is 17.2 Å². The molecule has 0 saturated heterocycles. The van der Waals surface area contributed by atoms with Crippen molar-refractivity contribution in [3.05, 3.63) is 101 Å². The Bertz CT molecular complexity index is 1140. The van der Waals surface area contributed by atoms with Crippen LogP contribution in [0.2, 0.25) is 5.02 Å². The Morgan fingerprint density at radius 2 is 1.87 bits per heavy atom. The second kappa shape index (κ2) is 9.06. The van der Waals surface area contributed by atoms with E-state index in [2.05, 4.69) is 5.10 Å². The van der Waals surface area contributed by atoms with E-state index in [1.807, 2.05) is 54.6 Å². The molecule has 0 aliphatic carbocycles. The summed E-state index contributed by atoms with van der Waals surface area (Å²) in [5, 5.41) is 16.8. The van der Waals surface area contributed by atoms with Crippen LogP contribution in [0.1, 0.15) is 29.2 Å².